The second-order valence-electron chi connectivity index (χ2n) is 4.12. The Morgan fingerprint density at radius 1 is 1.30 bits per heavy atom. The van der Waals surface area contributed by atoms with Crippen molar-refractivity contribution in [3.05, 3.63) is 52.5 Å². The quantitative estimate of drug-likeness (QED) is 0.682. The zero-order chi connectivity index (χ0) is 14.5. The van der Waals surface area contributed by atoms with Crippen molar-refractivity contribution in [1.82, 2.24) is 0 Å². The third kappa shape index (κ3) is 3.38. The lowest BCUT2D eigenvalue weighted by atomic mass is 10.1. The average molecular weight is 305 g/mol. The van der Waals surface area contributed by atoms with Crippen molar-refractivity contribution in [1.29, 1.82) is 5.26 Å². The number of thioether (sulfide) groups is 1. The lowest BCUT2D eigenvalue weighted by Gasteiger charge is -2.10. The molecule has 5 heteroatoms. The number of anilines is 1. The first-order valence-corrected chi connectivity index (χ1v) is 7.25. The molecule has 0 aliphatic heterocycles. The number of nitriles is 1. The highest BCUT2D eigenvalue weighted by Gasteiger charge is 2.07. The van der Waals surface area contributed by atoms with E-state index in [4.69, 9.17) is 27.3 Å². The lowest BCUT2D eigenvalue weighted by molar-refractivity contribution is 0.411. The van der Waals surface area contributed by atoms with E-state index in [1.54, 1.807) is 43.1 Å². The SMILES string of the molecule is COc1ccc(C#N)cc1CSc1cc(N)ccc1Cl. The molecule has 0 spiro atoms. The third-order valence-corrected chi connectivity index (χ3v) is 4.29. The van der Waals surface area contributed by atoms with Gasteiger partial charge in [0.15, 0.2) is 0 Å². The van der Waals surface area contributed by atoms with Crippen molar-refractivity contribution in [2.24, 2.45) is 0 Å². The molecule has 0 heterocycles. The van der Waals surface area contributed by atoms with Crippen LogP contribution < -0.4 is 10.5 Å². The van der Waals surface area contributed by atoms with Gasteiger partial charge in [-0.1, -0.05) is 11.6 Å². The van der Waals surface area contributed by atoms with E-state index in [0.29, 0.717) is 22.0 Å². The molecule has 0 aliphatic carbocycles. The Balaban J connectivity index is 2.22. The van der Waals surface area contributed by atoms with Gasteiger partial charge in [0, 0.05) is 21.9 Å². The maximum Gasteiger partial charge on any atom is 0.122 e. The molecule has 2 N–H and O–H groups in total. The third-order valence-electron chi connectivity index (χ3n) is 2.75. The van der Waals surface area contributed by atoms with E-state index in [9.17, 15) is 0 Å². The fraction of sp³-hybridized carbons (Fsp3) is 0.133. The number of rotatable bonds is 4. The normalized spacial score (nSPS) is 10.1. The summed E-state index contributed by atoms with van der Waals surface area (Å²) in [6.07, 6.45) is 0. The van der Waals surface area contributed by atoms with Gasteiger partial charge in [0.05, 0.1) is 23.8 Å². The highest BCUT2D eigenvalue weighted by atomic mass is 35.5. The Bertz CT molecular complexity index is 667. The Kier molecular flexibility index (Phi) is 4.78. The van der Waals surface area contributed by atoms with Crippen LogP contribution in [0.2, 0.25) is 5.02 Å². The Morgan fingerprint density at radius 3 is 2.80 bits per heavy atom. The summed E-state index contributed by atoms with van der Waals surface area (Å²) in [5.41, 5.74) is 8.00. The van der Waals surface area contributed by atoms with Crippen molar-refractivity contribution in [2.75, 3.05) is 12.8 Å². The second-order valence-corrected chi connectivity index (χ2v) is 5.54. The van der Waals surface area contributed by atoms with Crippen LogP contribution in [0.15, 0.2) is 41.3 Å². The van der Waals surface area contributed by atoms with Gasteiger partial charge < -0.3 is 10.5 Å². The van der Waals surface area contributed by atoms with E-state index < -0.39 is 0 Å². The Hall–Kier alpha value is -1.83. The summed E-state index contributed by atoms with van der Waals surface area (Å²) in [6, 6.07) is 12.9. The van der Waals surface area contributed by atoms with E-state index in [1.807, 2.05) is 12.1 Å². The summed E-state index contributed by atoms with van der Waals surface area (Å²) >= 11 is 7.70. The molecule has 2 aromatic rings. The predicted molar refractivity (Wildman–Crippen MR) is 83.1 cm³/mol. The van der Waals surface area contributed by atoms with Crippen LogP contribution >= 0.6 is 23.4 Å². The summed E-state index contributed by atoms with van der Waals surface area (Å²) in [4.78, 5) is 0.913. The monoisotopic (exact) mass is 304 g/mol. The van der Waals surface area contributed by atoms with Crippen LogP contribution in [0.1, 0.15) is 11.1 Å². The standard InChI is InChI=1S/C15H13ClN2OS/c1-19-14-5-2-10(8-17)6-11(14)9-20-15-7-12(18)3-4-13(15)16/h2-7H,9,18H2,1H3. The number of hydrogen-bond acceptors (Lipinski definition) is 4. The minimum atomic E-state index is 0.611. The molecule has 0 bridgehead atoms. The number of nitrogens with two attached hydrogens (primary N) is 1. The summed E-state index contributed by atoms with van der Waals surface area (Å²) in [6.45, 7) is 0. The van der Waals surface area contributed by atoms with E-state index in [1.165, 1.54) is 0 Å². The molecular weight excluding hydrogens is 292 g/mol. The molecule has 0 saturated heterocycles. The number of nitrogen functional groups attached to an aromatic ring is 1. The molecule has 0 atom stereocenters. The largest absolute Gasteiger partial charge is 0.496 e. The molecule has 0 radical (unpaired) electrons. The van der Waals surface area contributed by atoms with E-state index in [2.05, 4.69) is 6.07 Å². The first kappa shape index (κ1) is 14.6. The summed E-state index contributed by atoms with van der Waals surface area (Å²) in [7, 11) is 1.61. The van der Waals surface area contributed by atoms with Crippen molar-refractivity contribution in [3.63, 3.8) is 0 Å². The van der Waals surface area contributed by atoms with E-state index in [0.717, 1.165) is 16.2 Å². The maximum absolute atomic E-state index is 8.96. The molecule has 0 fully saturated rings. The van der Waals surface area contributed by atoms with Crippen LogP contribution in [0, 0.1) is 11.3 Å². The van der Waals surface area contributed by atoms with E-state index >= 15 is 0 Å². The van der Waals surface area contributed by atoms with E-state index in [-0.39, 0.29) is 0 Å². The molecule has 2 aromatic carbocycles. The van der Waals surface area contributed by atoms with Crippen molar-refractivity contribution in [2.45, 2.75) is 10.6 Å². The fourth-order valence-electron chi connectivity index (χ4n) is 1.75. The smallest absolute Gasteiger partial charge is 0.122 e. The summed E-state index contributed by atoms with van der Waals surface area (Å²) in [5.74, 6) is 1.42. The highest BCUT2D eigenvalue weighted by Crippen LogP contribution is 2.33. The zero-order valence-electron chi connectivity index (χ0n) is 10.9. The van der Waals surface area contributed by atoms with Gasteiger partial charge in [0.25, 0.3) is 0 Å². The Labute approximate surface area is 127 Å². The van der Waals surface area contributed by atoms with Crippen LogP contribution in [0.5, 0.6) is 5.75 Å². The summed E-state index contributed by atoms with van der Waals surface area (Å²) < 4.78 is 5.31. The van der Waals surface area contributed by atoms with Crippen LogP contribution in [0.3, 0.4) is 0 Å². The van der Waals surface area contributed by atoms with Gasteiger partial charge in [-0.05, 0) is 36.4 Å². The molecule has 0 unspecified atom stereocenters. The minimum absolute atomic E-state index is 0.611. The number of methoxy groups -OCH3 is 1. The van der Waals surface area contributed by atoms with Crippen molar-refractivity contribution < 1.29 is 4.74 Å². The second kappa shape index (κ2) is 6.56. The van der Waals surface area contributed by atoms with Crippen LogP contribution in [0.25, 0.3) is 0 Å². The molecule has 2 rings (SSSR count). The van der Waals surface area contributed by atoms with Crippen molar-refractivity contribution in [3.8, 4) is 11.8 Å². The molecule has 0 aliphatic rings. The molecule has 0 saturated carbocycles. The molecule has 0 amide bonds. The number of halogens is 1. The number of nitrogens with zero attached hydrogens (tertiary/aromatic N) is 1. The fourth-order valence-corrected chi connectivity index (χ4v) is 2.99. The summed E-state index contributed by atoms with van der Waals surface area (Å²) in [5, 5.41) is 9.62. The number of hydrogen-bond donors (Lipinski definition) is 1. The molecule has 102 valence electrons. The lowest BCUT2D eigenvalue weighted by Crippen LogP contribution is -1.92. The van der Waals surface area contributed by atoms with Crippen LogP contribution in [-0.2, 0) is 5.75 Å². The molecule has 0 aromatic heterocycles. The van der Waals surface area contributed by atoms with Gasteiger partial charge in [-0.3, -0.25) is 0 Å². The molecule has 3 nitrogen and oxygen atoms in total. The highest BCUT2D eigenvalue weighted by molar-refractivity contribution is 7.98. The Morgan fingerprint density at radius 2 is 2.10 bits per heavy atom. The van der Waals surface area contributed by atoms with Gasteiger partial charge in [0.2, 0.25) is 0 Å². The molecular formula is C15H13ClN2OS. The first-order valence-electron chi connectivity index (χ1n) is 5.89. The van der Waals surface area contributed by atoms with Gasteiger partial charge >= 0.3 is 0 Å². The van der Waals surface area contributed by atoms with Gasteiger partial charge in [-0.15, -0.1) is 11.8 Å². The number of ether oxygens (including phenoxy) is 1. The van der Waals surface area contributed by atoms with Crippen LogP contribution in [0.4, 0.5) is 5.69 Å². The number of benzene rings is 2. The average Bonchev–Trinajstić information content (AvgIpc) is 2.47. The maximum atomic E-state index is 8.96. The topological polar surface area (TPSA) is 59.0 Å². The van der Waals surface area contributed by atoms with Gasteiger partial charge in [-0.25, -0.2) is 0 Å². The first-order chi connectivity index (χ1) is 9.63. The van der Waals surface area contributed by atoms with Crippen LogP contribution in [-0.4, -0.2) is 7.11 Å². The van der Waals surface area contributed by atoms with Crippen molar-refractivity contribution >= 4 is 29.1 Å². The van der Waals surface area contributed by atoms with Gasteiger partial charge in [0.1, 0.15) is 5.75 Å². The predicted octanol–water partition coefficient (Wildman–Crippen LogP) is 4.09. The van der Waals surface area contributed by atoms with Gasteiger partial charge in [-0.2, -0.15) is 5.26 Å². The zero-order valence-corrected chi connectivity index (χ0v) is 12.5. The minimum Gasteiger partial charge on any atom is -0.496 e. The molecule has 20 heavy (non-hydrogen) atoms.